The Morgan fingerprint density at radius 2 is 1.83 bits per heavy atom. The molecule has 4 heterocycles. The van der Waals surface area contributed by atoms with E-state index < -0.39 is 32.2 Å². The van der Waals surface area contributed by atoms with E-state index in [-0.39, 0.29) is 26.2 Å². The molecule has 0 saturated carbocycles. The Labute approximate surface area is 209 Å². The summed E-state index contributed by atoms with van der Waals surface area (Å²) < 4.78 is 83.6. The van der Waals surface area contributed by atoms with Gasteiger partial charge in [0, 0.05) is 33.8 Å². The van der Waals surface area contributed by atoms with E-state index in [4.69, 9.17) is 0 Å². The SMILES string of the molecule is O=S(=O)(NC1CCSC1)c1ccc(-c2ccnc3c2cc(C(F)F)n3S(=O)(=O)c2ccccc2)s1. The molecule has 0 aliphatic carbocycles. The molecule has 1 N–H and O–H groups in total. The lowest BCUT2D eigenvalue weighted by Gasteiger charge is -2.11. The van der Waals surface area contributed by atoms with E-state index in [1.54, 1.807) is 30.0 Å². The highest BCUT2D eigenvalue weighted by Crippen LogP contribution is 2.39. The number of nitrogens with one attached hydrogen (secondary N) is 1. The minimum atomic E-state index is -4.36. The molecular weight excluding hydrogens is 537 g/mol. The molecule has 1 unspecified atom stereocenters. The second kappa shape index (κ2) is 9.28. The van der Waals surface area contributed by atoms with Crippen LogP contribution in [0.3, 0.4) is 0 Å². The standard InChI is InChI=1S/C22H19F2N3O4S4/c23-21(24)18-12-17-16(19-6-7-20(33-19)34(28,29)26-14-9-11-32-13-14)8-10-25-22(17)27(18)35(30,31)15-4-2-1-3-5-15/h1-8,10,12,14,21,26H,9,11,13H2. The van der Waals surface area contributed by atoms with Gasteiger partial charge in [0.05, 0.1) is 4.90 Å². The number of rotatable bonds is 7. The van der Waals surface area contributed by atoms with Crippen molar-refractivity contribution in [1.82, 2.24) is 13.7 Å². The first-order chi connectivity index (χ1) is 16.7. The number of benzene rings is 1. The third-order valence-corrected chi connectivity index (χ3v) is 11.6. The number of thiophene rings is 1. The van der Waals surface area contributed by atoms with Crippen LogP contribution in [-0.2, 0) is 20.0 Å². The quantitative estimate of drug-likeness (QED) is 0.354. The summed E-state index contributed by atoms with van der Waals surface area (Å²) >= 11 is 2.67. The molecule has 0 spiro atoms. The van der Waals surface area contributed by atoms with E-state index in [0.717, 1.165) is 29.6 Å². The Bertz CT molecular complexity index is 1590. The smallest absolute Gasteiger partial charge is 0.237 e. The zero-order chi connectivity index (χ0) is 24.8. The van der Waals surface area contributed by atoms with Gasteiger partial charge >= 0.3 is 0 Å². The number of nitrogens with zero attached hydrogens (tertiary/aromatic N) is 2. The van der Waals surface area contributed by atoms with Crippen molar-refractivity contribution < 1.29 is 25.6 Å². The van der Waals surface area contributed by atoms with Crippen molar-refractivity contribution in [3.63, 3.8) is 0 Å². The Morgan fingerprint density at radius 3 is 2.51 bits per heavy atom. The lowest BCUT2D eigenvalue weighted by molar-refractivity contribution is 0.145. The molecule has 0 bridgehead atoms. The van der Waals surface area contributed by atoms with Crippen LogP contribution in [0.2, 0.25) is 0 Å². The molecule has 1 saturated heterocycles. The Morgan fingerprint density at radius 1 is 1.06 bits per heavy atom. The maximum absolute atomic E-state index is 14.0. The number of sulfonamides is 1. The largest absolute Gasteiger partial charge is 0.279 e. The molecular formula is C22H19F2N3O4S4. The molecule has 1 aliphatic heterocycles. The topological polar surface area (TPSA) is 98.1 Å². The highest BCUT2D eigenvalue weighted by Gasteiger charge is 2.30. The van der Waals surface area contributed by atoms with Gasteiger partial charge in [0.15, 0.2) is 5.65 Å². The van der Waals surface area contributed by atoms with Crippen LogP contribution in [0.5, 0.6) is 0 Å². The normalized spacial score (nSPS) is 16.9. The predicted molar refractivity (Wildman–Crippen MR) is 133 cm³/mol. The number of aromatic nitrogens is 2. The van der Waals surface area contributed by atoms with Crippen LogP contribution in [0, 0.1) is 0 Å². The second-order valence-corrected chi connectivity index (χ2v) is 13.8. The van der Waals surface area contributed by atoms with E-state index in [2.05, 4.69) is 9.71 Å². The molecule has 1 fully saturated rings. The van der Waals surface area contributed by atoms with Crippen LogP contribution >= 0.6 is 23.1 Å². The molecule has 1 aliphatic rings. The van der Waals surface area contributed by atoms with Crippen molar-refractivity contribution in [2.45, 2.75) is 28.0 Å². The van der Waals surface area contributed by atoms with Gasteiger partial charge in [-0.2, -0.15) is 11.8 Å². The fourth-order valence-corrected chi connectivity index (χ4v) is 9.31. The molecule has 0 radical (unpaired) electrons. The lowest BCUT2D eigenvalue weighted by Crippen LogP contribution is -2.34. The van der Waals surface area contributed by atoms with Crippen molar-refractivity contribution in [3.8, 4) is 10.4 Å². The first kappa shape index (κ1) is 24.4. The molecule has 1 atom stereocenters. The Hall–Kier alpha value is -2.32. The zero-order valence-corrected chi connectivity index (χ0v) is 21.2. The molecule has 0 amide bonds. The molecule has 13 heteroatoms. The van der Waals surface area contributed by atoms with E-state index in [9.17, 15) is 25.6 Å². The molecule has 3 aromatic heterocycles. The van der Waals surface area contributed by atoms with Crippen molar-refractivity contribution in [1.29, 1.82) is 0 Å². The average molecular weight is 556 g/mol. The number of alkyl halides is 2. The molecule has 35 heavy (non-hydrogen) atoms. The van der Waals surface area contributed by atoms with Crippen LogP contribution in [0.25, 0.3) is 21.5 Å². The van der Waals surface area contributed by atoms with Crippen LogP contribution < -0.4 is 4.72 Å². The van der Waals surface area contributed by atoms with Crippen LogP contribution in [0.1, 0.15) is 18.5 Å². The summed E-state index contributed by atoms with van der Waals surface area (Å²) in [6.45, 7) is 0. The van der Waals surface area contributed by atoms with Gasteiger partial charge < -0.3 is 0 Å². The summed E-state index contributed by atoms with van der Waals surface area (Å²) in [7, 11) is -8.10. The Kier molecular flexibility index (Phi) is 6.46. The maximum Gasteiger partial charge on any atom is 0.279 e. The fraction of sp³-hybridized carbons (Fsp3) is 0.227. The van der Waals surface area contributed by atoms with Crippen molar-refractivity contribution in [2.24, 2.45) is 0 Å². The number of pyridine rings is 1. The van der Waals surface area contributed by atoms with Gasteiger partial charge in [-0.3, -0.25) is 0 Å². The second-order valence-electron chi connectivity index (χ2n) is 7.85. The monoisotopic (exact) mass is 555 g/mol. The number of thioether (sulfide) groups is 1. The van der Waals surface area contributed by atoms with Gasteiger partial charge in [0.25, 0.3) is 16.4 Å². The van der Waals surface area contributed by atoms with Gasteiger partial charge in [-0.1, -0.05) is 18.2 Å². The van der Waals surface area contributed by atoms with Crippen molar-refractivity contribution >= 4 is 54.2 Å². The summed E-state index contributed by atoms with van der Waals surface area (Å²) in [6, 6.07) is 12.9. The highest BCUT2D eigenvalue weighted by molar-refractivity contribution is 7.99. The van der Waals surface area contributed by atoms with Crippen LogP contribution in [-0.4, -0.2) is 43.3 Å². The average Bonchev–Trinajstić information content (AvgIpc) is 3.58. The van der Waals surface area contributed by atoms with Gasteiger partial charge in [-0.25, -0.2) is 39.3 Å². The van der Waals surface area contributed by atoms with E-state index in [0.29, 0.717) is 20.2 Å². The third kappa shape index (κ3) is 4.51. The minimum absolute atomic E-state index is 0.0970. The predicted octanol–water partition coefficient (Wildman–Crippen LogP) is 4.72. The van der Waals surface area contributed by atoms with Gasteiger partial charge in [-0.15, -0.1) is 11.3 Å². The van der Waals surface area contributed by atoms with Gasteiger partial charge in [0.1, 0.15) is 9.90 Å². The van der Waals surface area contributed by atoms with E-state index >= 15 is 0 Å². The number of halogens is 2. The van der Waals surface area contributed by atoms with E-state index in [1.165, 1.54) is 36.5 Å². The van der Waals surface area contributed by atoms with Gasteiger partial charge in [0.2, 0.25) is 10.0 Å². The summed E-state index contributed by atoms with van der Waals surface area (Å²) in [5.41, 5.74) is -0.448. The summed E-state index contributed by atoms with van der Waals surface area (Å²) in [5, 5.41) is 0.188. The maximum atomic E-state index is 14.0. The number of hydrogen-bond donors (Lipinski definition) is 1. The Balaban J connectivity index is 1.62. The summed E-state index contributed by atoms with van der Waals surface area (Å²) in [4.78, 5) is 4.46. The van der Waals surface area contributed by atoms with Crippen molar-refractivity contribution in [2.75, 3.05) is 11.5 Å². The van der Waals surface area contributed by atoms with Crippen molar-refractivity contribution in [3.05, 3.63) is 66.5 Å². The molecule has 7 nitrogen and oxygen atoms in total. The molecule has 184 valence electrons. The number of hydrogen-bond acceptors (Lipinski definition) is 7. The first-order valence-corrected chi connectivity index (χ1v) is 15.4. The fourth-order valence-electron chi connectivity index (χ4n) is 3.93. The van der Waals surface area contributed by atoms with E-state index in [1.807, 2.05) is 0 Å². The zero-order valence-electron chi connectivity index (χ0n) is 18.0. The molecule has 1 aromatic carbocycles. The summed E-state index contributed by atoms with van der Waals surface area (Å²) in [5.74, 6) is 1.61. The first-order valence-electron chi connectivity index (χ1n) is 10.5. The molecule has 4 aromatic rings. The van der Waals surface area contributed by atoms with Gasteiger partial charge in [-0.05, 0) is 48.6 Å². The van der Waals surface area contributed by atoms with Crippen LogP contribution in [0.15, 0.2) is 69.9 Å². The van der Waals surface area contributed by atoms with Crippen LogP contribution in [0.4, 0.5) is 8.78 Å². The summed E-state index contributed by atoms with van der Waals surface area (Å²) in [6.07, 6.45) is -0.998. The third-order valence-electron chi connectivity index (χ3n) is 5.56. The lowest BCUT2D eigenvalue weighted by atomic mass is 10.1. The highest BCUT2D eigenvalue weighted by atomic mass is 32.2. The number of fused-ring (bicyclic) bond motifs is 1. The minimum Gasteiger partial charge on any atom is -0.237 e. The molecule has 5 rings (SSSR count).